The molecule has 0 unspecified atom stereocenters. The second-order valence-corrected chi connectivity index (χ2v) is 4.14. The molecule has 2 nitrogen and oxygen atoms in total. The molecule has 0 saturated heterocycles. The summed E-state index contributed by atoms with van der Waals surface area (Å²) in [5.41, 5.74) is 3.54. The Morgan fingerprint density at radius 2 is 2.21 bits per heavy atom. The van der Waals surface area contributed by atoms with Crippen LogP contribution in [0.4, 0.5) is 0 Å². The molecule has 2 heterocycles. The number of nitrogens with zero attached hydrogens (tertiary/aromatic N) is 2. The van der Waals surface area contributed by atoms with Gasteiger partial charge in [0.25, 0.3) is 0 Å². The van der Waals surface area contributed by atoms with Gasteiger partial charge in [-0.05, 0) is 41.1 Å². The van der Waals surface area contributed by atoms with Gasteiger partial charge in [-0.1, -0.05) is 0 Å². The van der Waals surface area contributed by atoms with Crippen LogP contribution >= 0.6 is 15.9 Å². The zero-order valence-electron chi connectivity index (χ0n) is 8.16. The smallest absolute Gasteiger partial charge is 0.0639 e. The molecule has 0 aliphatic heterocycles. The van der Waals surface area contributed by atoms with Crippen LogP contribution in [0.15, 0.2) is 35.1 Å². The maximum atomic E-state index is 4.12. The Labute approximate surface area is 91.7 Å². The first kappa shape index (κ1) is 9.46. The SMILES string of the molecule is Cc1cc(Br)c(-c2cccnc2)n1C. The van der Waals surface area contributed by atoms with Crippen molar-refractivity contribution < 1.29 is 0 Å². The summed E-state index contributed by atoms with van der Waals surface area (Å²) < 4.78 is 3.27. The minimum absolute atomic E-state index is 1.12. The minimum Gasteiger partial charge on any atom is -0.347 e. The summed E-state index contributed by atoms with van der Waals surface area (Å²) in [5.74, 6) is 0. The van der Waals surface area contributed by atoms with Gasteiger partial charge in [-0.15, -0.1) is 0 Å². The second-order valence-electron chi connectivity index (χ2n) is 3.28. The Balaban J connectivity index is 2.62. The van der Waals surface area contributed by atoms with Crippen molar-refractivity contribution >= 4 is 15.9 Å². The van der Waals surface area contributed by atoms with Crippen LogP contribution in [0, 0.1) is 6.92 Å². The van der Waals surface area contributed by atoms with Gasteiger partial charge in [0.05, 0.1) is 5.69 Å². The van der Waals surface area contributed by atoms with E-state index in [1.807, 2.05) is 12.3 Å². The number of aryl methyl sites for hydroxylation is 1. The molecule has 0 N–H and O–H groups in total. The van der Waals surface area contributed by atoms with Gasteiger partial charge in [-0.2, -0.15) is 0 Å². The van der Waals surface area contributed by atoms with Gasteiger partial charge in [-0.3, -0.25) is 4.98 Å². The third-order valence-corrected chi connectivity index (χ3v) is 2.97. The Morgan fingerprint density at radius 3 is 2.71 bits per heavy atom. The van der Waals surface area contributed by atoms with Crippen molar-refractivity contribution in [3.8, 4) is 11.3 Å². The van der Waals surface area contributed by atoms with E-state index in [0.717, 1.165) is 10.0 Å². The number of pyridine rings is 1. The first-order chi connectivity index (χ1) is 6.70. The van der Waals surface area contributed by atoms with Crippen molar-refractivity contribution in [2.45, 2.75) is 6.92 Å². The highest BCUT2D eigenvalue weighted by atomic mass is 79.9. The van der Waals surface area contributed by atoms with E-state index in [1.54, 1.807) is 6.20 Å². The highest BCUT2D eigenvalue weighted by Crippen LogP contribution is 2.29. The molecule has 0 atom stereocenters. The maximum Gasteiger partial charge on any atom is 0.0639 e. The quantitative estimate of drug-likeness (QED) is 0.761. The van der Waals surface area contributed by atoms with Crippen LogP contribution < -0.4 is 0 Å². The molecule has 0 aliphatic rings. The Morgan fingerprint density at radius 1 is 1.43 bits per heavy atom. The zero-order chi connectivity index (χ0) is 10.1. The fourth-order valence-corrected chi connectivity index (χ4v) is 2.35. The topological polar surface area (TPSA) is 17.8 Å². The Kier molecular flexibility index (Phi) is 2.42. The van der Waals surface area contributed by atoms with E-state index in [9.17, 15) is 0 Å². The van der Waals surface area contributed by atoms with Crippen LogP contribution in [-0.2, 0) is 7.05 Å². The number of aromatic nitrogens is 2. The molecule has 0 spiro atoms. The van der Waals surface area contributed by atoms with E-state index < -0.39 is 0 Å². The van der Waals surface area contributed by atoms with Crippen LogP contribution in [-0.4, -0.2) is 9.55 Å². The minimum atomic E-state index is 1.12. The van der Waals surface area contributed by atoms with E-state index in [0.29, 0.717) is 0 Å². The molecular formula is C11H11BrN2. The lowest BCUT2D eigenvalue weighted by Gasteiger charge is -2.05. The fraction of sp³-hybridized carbons (Fsp3) is 0.182. The standard InChI is InChI=1S/C11H11BrN2/c1-8-6-10(12)11(14(8)2)9-4-3-5-13-7-9/h3-7H,1-2H3. The van der Waals surface area contributed by atoms with Crippen molar-refractivity contribution in [3.63, 3.8) is 0 Å². The van der Waals surface area contributed by atoms with Crippen molar-refractivity contribution in [1.29, 1.82) is 0 Å². The van der Waals surface area contributed by atoms with E-state index in [2.05, 4.69) is 51.6 Å². The van der Waals surface area contributed by atoms with Crippen molar-refractivity contribution in [1.82, 2.24) is 9.55 Å². The van der Waals surface area contributed by atoms with E-state index in [4.69, 9.17) is 0 Å². The van der Waals surface area contributed by atoms with Crippen molar-refractivity contribution in [2.75, 3.05) is 0 Å². The third-order valence-electron chi connectivity index (χ3n) is 2.36. The highest BCUT2D eigenvalue weighted by Gasteiger charge is 2.09. The van der Waals surface area contributed by atoms with E-state index in [1.165, 1.54) is 11.4 Å². The molecule has 14 heavy (non-hydrogen) atoms. The van der Waals surface area contributed by atoms with Crippen LogP contribution in [0.5, 0.6) is 0 Å². The molecule has 0 radical (unpaired) electrons. The monoisotopic (exact) mass is 250 g/mol. The molecule has 0 saturated carbocycles. The van der Waals surface area contributed by atoms with Gasteiger partial charge in [0, 0.05) is 35.2 Å². The normalized spacial score (nSPS) is 10.5. The summed E-state index contributed by atoms with van der Waals surface area (Å²) in [4.78, 5) is 4.12. The third kappa shape index (κ3) is 1.48. The van der Waals surface area contributed by atoms with Gasteiger partial charge in [0.2, 0.25) is 0 Å². The molecule has 0 aromatic carbocycles. The molecule has 0 amide bonds. The Hall–Kier alpha value is -1.09. The summed E-state index contributed by atoms with van der Waals surface area (Å²) >= 11 is 3.56. The van der Waals surface area contributed by atoms with E-state index in [-0.39, 0.29) is 0 Å². The summed E-state index contributed by atoms with van der Waals surface area (Å²) in [6.07, 6.45) is 3.66. The zero-order valence-corrected chi connectivity index (χ0v) is 9.75. The van der Waals surface area contributed by atoms with Gasteiger partial charge >= 0.3 is 0 Å². The first-order valence-corrected chi connectivity index (χ1v) is 5.21. The predicted molar refractivity (Wildman–Crippen MR) is 61.1 cm³/mol. The lowest BCUT2D eigenvalue weighted by Crippen LogP contribution is -1.94. The van der Waals surface area contributed by atoms with E-state index >= 15 is 0 Å². The lowest BCUT2D eigenvalue weighted by atomic mass is 10.2. The Bertz CT molecular complexity index is 446. The highest BCUT2D eigenvalue weighted by molar-refractivity contribution is 9.10. The van der Waals surface area contributed by atoms with Gasteiger partial charge in [0.1, 0.15) is 0 Å². The molecule has 0 fully saturated rings. The lowest BCUT2D eigenvalue weighted by molar-refractivity contribution is 0.889. The molecule has 0 aliphatic carbocycles. The molecule has 3 heteroatoms. The predicted octanol–water partition coefficient (Wildman–Crippen LogP) is 3.16. The van der Waals surface area contributed by atoms with Gasteiger partial charge in [-0.25, -0.2) is 0 Å². The summed E-state index contributed by atoms with van der Waals surface area (Å²) in [6, 6.07) is 6.12. The first-order valence-electron chi connectivity index (χ1n) is 4.42. The van der Waals surface area contributed by atoms with Crippen LogP contribution in [0.25, 0.3) is 11.3 Å². The average Bonchev–Trinajstić information content (AvgIpc) is 2.43. The van der Waals surface area contributed by atoms with Gasteiger partial charge < -0.3 is 4.57 Å². The molecule has 2 rings (SSSR count). The molecule has 72 valence electrons. The largest absolute Gasteiger partial charge is 0.347 e. The summed E-state index contributed by atoms with van der Waals surface area (Å²) in [5, 5.41) is 0. The maximum absolute atomic E-state index is 4.12. The van der Waals surface area contributed by atoms with Crippen molar-refractivity contribution in [2.24, 2.45) is 7.05 Å². The number of hydrogen-bond acceptors (Lipinski definition) is 1. The number of halogens is 1. The fourth-order valence-electron chi connectivity index (χ4n) is 1.52. The van der Waals surface area contributed by atoms with Crippen molar-refractivity contribution in [3.05, 3.63) is 40.8 Å². The number of rotatable bonds is 1. The molecule has 0 bridgehead atoms. The van der Waals surface area contributed by atoms with Crippen LogP contribution in [0.2, 0.25) is 0 Å². The van der Waals surface area contributed by atoms with Gasteiger partial charge in [0.15, 0.2) is 0 Å². The second kappa shape index (κ2) is 3.58. The molecular weight excluding hydrogens is 240 g/mol. The van der Waals surface area contributed by atoms with Crippen LogP contribution in [0.3, 0.4) is 0 Å². The summed E-state index contributed by atoms with van der Waals surface area (Å²) in [7, 11) is 2.06. The van der Waals surface area contributed by atoms with Crippen LogP contribution in [0.1, 0.15) is 5.69 Å². The molecule has 2 aromatic rings. The average molecular weight is 251 g/mol. The number of hydrogen-bond donors (Lipinski definition) is 0. The summed E-state index contributed by atoms with van der Waals surface area (Å²) in [6.45, 7) is 2.09. The molecule has 2 aromatic heterocycles.